The minimum Gasteiger partial charge on any atom is -0.309 e. The molecule has 3 heteroatoms. The van der Waals surface area contributed by atoms with Crippen LogP contribution in [-0.4, -0.2) is 7.05 Å². The van der Waals surface area contributed by atoms with E-state index in [9.17, 15) is 4.39 Å². The van der Waals surface area contributed by atoms with Crippen LogP contribution in [0.15, 0.2) is 46.9 Å². The van der Waals surface area contributed by atoms with Crippen LogP contribution >= 0.6 is 15.9 Å². The highest BCUT2D eigenvalue weighted by Crippen LogP contribution is 2.27. The van der Waals surface area contributed by atoms with Gasteiger partial charge in [-0.3, -0.25) is 0 Å². The van der Waals surface area contributed by atoms with Gasteiger partial charge in [-0.25, -0.2) is 4.39 Å². The number of hydrogen-bond acceptors (Lipinski definition) is 1. The molecule has 0 fully saturated rings. The highest BCUT2D eigenvalue weighted by atomic mass is 79.9. The molecule has 2 rings (SSSR count). The first-order valence-electron chi connectivity index (χ1n) is 5.80. The van der Waals surface area contributed by atoms with E-state index in [2.05, 4.69) is 27.3 Å². The summed E-state index contributed by atoms with van der Waals surface area (Å²) in [5.41, 5.74) is 2.88. The van der Waals surface area contributed by atoms with E-state index in [0.29, 0.717) is 5.56 Å². The third kappa shape index (κ3) is 2.79. The summed E-state index contributed by atoms with van der Waals surface area (Å²) in [7, 11) is 1.84. The molecule has 0 spiro atoms. The van der Waals surface area contributed by atoms with Crippen molar-refractivity contribution in [2.45, 2.75) is 13.0 Å². The average Bonchev–Trinajstić information content (AvgIpc) is 2.35. The predicted octanol–water partition coefficient (Wildman–Crippen LogP) is 4.21. The Labute approximate surface area is 115 Å². The fraction of sp³-hybridized carbons (Fsp3) is 0.200. The number of nitrogens with one attached hydrogen (secondary N) is 1. The van der Waals surface area contributed by atoms with Crippen molar-refractivity contribution >= 4 is 15.9 Å². The normalized spacial score (nSPS) is 12.4. The molecule has 1 unspecified atom stereocenters. The molecule has 2 aromatic rings. The van der Waals surface area contributed by atoms with Gasteiger partial charge in [0.25, 0.3) is 0 Å². The highest BCUT2D eigenvalue weighted by molar-refractivity contribution is 9.10. The van der Waals surface area contributed by atoms with E-state index in [0.717, 1.165) is 10.0 Å². The Morgan fingerprint density at radius 1 is 1.17 bits per heavy atom. The summed E-state index contributed by atoms with van der Waals surface area (Å²) in [5, 5.41) is 3.17. The van der Waals surface area contributed by atoms with Crippen molar-refractivity contribution < 1.29 is 4.39 Å². The second kappa shape index (κ2) is 5.63. The topological polar surface area (TPSA) is 12.0 Å². The van der Waals surface area contributed by atoms with Gasteiger partial charge in [0.1, 0.15) is 5.82 Å². The summed E-state index contributed by atoms with van der Waals surface area (Å²) >= 11 is 3.39. The first-order chi connectivity index (χ1) is 8.61. The minimum atomic E-state index is -0.195. The molecule has 0 saturated heterocycles. The average molecular weight is 308 g/mol. The first kappa shape index (κ1) is 13.2. The van der Waals surface area contributed by atoms with Crippen molar-refractivity contribution in [1.29, 1.82) is 0 Å². The smallest absolute Gasteiger partial charge is 0.128 e. The van der Waals surface area contributed by atoms with Crippen LogP contribution in [0.5, 0.6) is 0 Å². The lowest BCUT2D eigenvalue weighted by Crippen LogP contribution is -2.19. The lowest BCUT2D eigenvalue weighted by Gasteiger charge is -2.18. The molecule has 1 atom stereocenters. The Hall–Kier alpha value is -1.19. The van der Waals surface area contributed by atoms with Gasteiger partial charge < -0.3 is 5.32 Å². The van der Waals surface area contributed by atoms with Crippen LogP contribution in [0, 0.1) is 12.7 Å². The maximum absolute atomic E-state index is 13.9. The maximum atomic E-state index is 13.9. The van der Waals surface area contributed by atoms with Crippen LogP contribution in [0.25, 0.3) is 0 Å². The lowest BCUT2D eigenvalue weighted by molar-refractivity contribution is 0.575. The van der Waals surface area contributed by atoms with E-state index < -0.39 is 0 Å². The van der Waals surface area contributed by atoms with Gasteiger partial charge in [-0.05, 0) is 37.7 Å². The van der Waals surface area contributed by atoms with Crippen LogP contribution in [0.2, 0.25) is 0 Å². The summed E-state index contributed by atoms with van der Waals surface area (Å²) in [6.45, 7) is 2.04. The molecule has 0 aliphatic rings. The molecule has 1 nitrogen and oxygen atoms in total. The SMILES string of the molecule is CNC(c1cccc(C)c1)c1cc(Br)ccc1F. The van der Waals surface area contributed by atoms with Crippen LogP contribution in [0.4, 0.5) is 4.39 Å². The van der Waals surface area contributed by atoms with Crippen molar-refractivity contribution in [1.82, 2.24) is 5.32 Å². The molecule has 0 amide bonds. The minimum absolute atomic E-state index is 0.137. The Morgan fingerprint density at radius 3 is 2.61 bits per heavy atom. The highest BCUT2D eigenvalue weighted by Gasteiger charge is 2.16. The number of benzene rings is 2. The molecule has 0 aromatic heterocycles. The van der Waals surface area contributed by atoms with Crippen LogP contribution in [-0.2, 0) is 0 Å². The van der Waals surface area contributed by atoms with Crippen molar-refractivity contribution in [3.63, 3.8) is 0 Å². The van der Waals surface area contributed by atoms with Gasteiger partial charge in [0, 0.05) is 10.0 Å². The van der Waals surface area contributed by atoms with E-state index in [1.807, 2.05) is 38.2 Å². The van der Waals surface area contributed by atoms with Crippen LogP contribution in [0.3, 0.4) is 0 Å². The number of halogens is 2. The summed E-state index contributed by atoms with van der Waals surface area (Å²) in [6, 6.07) is 13.0. The molecule has 1 N–H and O–H groups in total. The zero-order valence-electron chi connectivity index (χ0n) is 10.4. The van der Waals surface area contributed by atoms with Gasteiger partial charge in [0.2, 0.25) is 0 Å². The van der Waals surface area contributed by atoms with Gasteiger partial charge in [0.05, 0.1) is 6.04 Å². The summed E-state index contributed by atoms with van der Waals surface area (Å²) in [6.07, 6.45) is 0. The van der Waals surface area contributed by atoms with E-state index in [1.165, 1.54) is 11.6 Å². The van der Waals surface area contributed by atoms with Gasteiger partial charge in [-0.1, -0.05) is 45.8 Å². The number of rotatable bonds is 3. The van der Waals surface area contributed by atoms with Crippen LogP contribution < -0.4 is 5.32 Å². The molecule has 0 bridgehead atoms. The molecule has 0 aliphatic heterocycles. The second-order valence-corrected chi connectivity index (χ2v) is 5.22. The largest absolute Gasteiger partial charge is 0.309 e. The molecule has 0 heterocycles. The molecular weight excluding hydrogens is 293 g/mol. The molecule has 0 saturated carbocycles. The standard InChI is InChI=1S/C15H15BrFN/c1-10-4-3-5-11(8-10)15(18-2)13-9-12(16)6-7-14(13)17/h3-9,15,18H,1-2H3. The Bertz CT molecular complexity index is 554. The molecule has 0 aliphatic carbocycles. The summed E-state index contributed by atoms with van der Waals surface area (Å²) < 4.78 is 14.8. The Morgan fingerprint density at radius 2 is 1.94 bits per heavy atom. The zero-order chi connectivity index (χ0) is 13.1. The quantitative estimate of drug-likeness (QED) is 0.896. The first-order valence-corrected chi connectivity index (χ1v) is 6.60. The molecular formula is C15H15BrFN. The Kier molecular flexibility index (Phi) is 4.15. The number of hydrogen-bond donors (Lipinski definition) is 1. The Balaban J connectivity index is 2.48. The third-order valence-electron chi connectivity index (χ3n) is 2.93. The second-order valence-electron chi connectivity index (χ2n) is 4.30. The lowest BCUT2D eigenvalue weighted by atomic mass is 9.97. The fourth-order valence-corrected chi connectivity index (χ4v) is 2.47. The molecule has 2 aromatic carbocycles. The predicted molar refractivity (Wildman–Crippen MR) is 76.2 cm³/mol. The van der Waals surface area contributed by atoms with E-state index in [4.69, 9.17) is 0 Å². The molecule has 18 heavy (non-hydrogen) atoms. The van der Waals surface area contributed by atoms with Gasteiger partial charge in [-0.2, -0.15) is 0 Å². The fourth-order valence-electron chi connectivity index (χ4n) is 2.09. The molecule has 0 radical (unpaired) electrons. The van der Waals surface area contributed by atoms with Crippen molar-refractivity contribution in [3.05, 3.63) is 69.4 Å². The van der Waals surface area contributed by atoms with Gasteiger partial charge in [-0.15, -0.1) is 0 Å². The van der Waals surface area contributed by atoms with Crippen molar-refractivity contribution in [2.24, 2.45) is 0 Å². The summed E-state index contributed by atoms with van der Waals surface area (Å²) in [4.78, 5) is 0. The zero-order valence-corrected chi connectivity index (χ0v) is 12.0. The van der Waals surface area contributed by atoms with E-state index in [-0.39, 0.29) is 11.9 Å². The van der Waals surface area contributed by atoms with Gasteiger partial charge >= 0.3 is 0 Å². The van der Waals surface area contributed by atoms with E-state index >= 15 is 0 Å². The maximum Gasteiger partial charge on any atom is 0.128 e. The molecule has 94 valence electrons. The van der Waals surface area contributed by atoms with Gasteiger partial charge in [0.15, 0.2) is 0 Å². The monoisotopic (exact) mass is 307 g/mol. The van der Waals surface area contributed by atoms with Crippen LogP contribution in [0.1, 0.15) is 22.7 Å². The third-order valence-corrected chi connectivity index (χ3v) is 3.43. The number of aryl methyl sites for hydroxylation is 1. The van der Waals surface area contributed by atoms with E-state index in [1.54, 1.807) is 6.07 Å². The summed E-state index contributed by atoms with van der Waals surface area (Å²) in [5.74, 6) is -0.195. The van der Waals surface area contributed by atoms with Crippen molar-refractivity contribution in [3.8, 4) is 0 Å². The van der Waals surface area contributed by atoms with Crippen molar-refractivity contribution in [2.75, 3.05) is 7.05 Å².